The molecule has 0 unspecified atom stereocenters. The highest BCUT2D eigenvalue weighted by Gasteiger charge is 2.12. The van der Waals surface area contributed by atoms with Crippen molar-refractivity contribution in [1.29, 1.82) is 0 Å². The molecule has 0 atom stereocenters. The van der Waals surface area contributed by atoms with Crippen molar-refractivity contribution in [2.45, 2.75) is 0 Å². The third-order valence-corrected chi connectivity index (χ3v) is 4.39. The predicted octanol–water partition coefficient (Wildman–Crippen LogP) is 4.41. The summed E-state index contributed by atoms with van der Waals surface area (Å²) in [6, 6.07) is 19.3. The van der Waals surface area contributed by atoms with Gasteiger partial charge >= 0.3 is 5.97 Å². The maximum Gasteiger partial charge on any atom is 0.337 e. The first kappa shape index (κ1) is 19.9. The van der Waals surface area contributed by atoms with E-state index in [1.165, 1.54) is 7.11 Å². The smallest absolute Gasteiger partial charge is 0.337 e. The van der Waals surface area contributed by atoms with Gasteiger partial charge in [0.25, 0.3) is 5.91 Å². The van der Waals surface area contributed by atoms with Gasteiger partial charge in [0.2, 0.25) is 0 Å². The molecule has 0 heterocycles. The van der Waals surface area contributed by atoms with Crippen LogP contribution in [0.3, 0.4) is 0 Å². The second kappa shape index (κ2) is 8.93. The van der Waals surface area contributed by atoms with Crippen molar-refractivity contribution in [3.63, 3.8) is 0 Å². The normalized spacial score (nSPS) is 10.2. The van der Waals surface area contributed by atoms with Gasteiger partial charge in [0, 0.05) is 22.9 Å². The summed E-state index contributed by atoms with van der Waals surface area (Å²) in [6.45, 7) is 0. The monoisotopic (exact) mass is 391 g/mol. The van der Waals surface area contributed by atoms with Gasteiger partial charge in [0.15, 0.2) is 0 Å². The molecule has 0 aliphatic heterocycles. The van der Waals surface area contributed by atoms with E-state index in [2.05, 4.69) is 5.32 Å². The van der Waals surface area contributed by atoms with E-state index >= 15 is 0 Å². The lowest BCUT2D eigenvalue weighted by Crippen LogP contribution is -2.12. The lowest BCUT2D eigenvalue weighted by molar-refractivity contribution is 0.0600. The van der Waals surface area contributed by atoms with Crippen molar-refractivity contribution in [1.82, 2.24) is 0 Å². The Morgan fingerprint density at radius 1 is 0.793 bits per heavy atom. The van der Waals surface area contributed by atoms with Crippen LogP contribution in [0.5, 0.6) is 11.5 Å². The zero-order valence-corrected chi connectivity index (χ0v) is 16.4. The van der Waals surface area contributed by atoms with Crippen molar-refractivity contribution in [2.24, 2.45) is 0 Å². The maximum absolute atomic E-state index is 12.7. The van der Waals surface area contributed by atoms with Crippen LogP contribution in [0.25, 0.3) is 11.1 Å². The number of carbonyl (C=O) groups is 2. The van der Waals surface area contributed by atoms with Gasteiger partial charge in [-0.15, -0.1) is 0 Å². The summed E-state index contributed by atoms with van der Waals surface area (Å²) in [5.74, 6) is 0.578. The number of nitrogens with one attached hydrogen (secondary N) is 1. The number of esters is 1. The van der Waals surface area contributed by atoms with E-state index < -0.39 is 5.97 Å². The van der Waals surface area contributed by atoms with Gasteiger partial charge in [0.05, 0.1) is 26.9 Å². The number of hydrogen-bond acceptors (Lipinski definition) is 5. The average molecular weight is 391 g/mol. The Morgan fingerprint density at radius 2 is 1.55 bits per heavy atom. The number of benzene rings is 3. The van der Waals surface area contributed by atoms with Crippen LogP contribution in [0.15, 0.2) is 66.7 Å². The largest absolute Gasteiger partial charge is 0.497 e. The van der Waals surface area contributed by atoms with E-state index in [1.54, 1.807) is 62.8 Å². The van der Waals surface area contributed by atoms with Gasteiger partial charge < -0.3 is 19.5 Å². The Labute approximate surface area is 169 Å². The van der Waals surface area contributed by atoms with Crippen molar-refractivity contribution >= 4 is 17.6 Å². The molecule has 6 nitrogen and oxygen atoms in total. The van der Waals surface area contributed by atoms with Crippen LogP contribution in [0.4, 0.5) is 5.69 Å². The number of amides is 1. The molecule has 0 aromatic heterocycles. The number of rotatable bonds is 6. The molecular weight excluding hydrogens is 370 g/mol. The second-order valence-electron chi connectivity index (χ2n) is 6.17. The van der Waals surface area contributed by atoms with Crippen LogP contribution >= 0.6 is 0 Å². The van der Waals surface area contributed by atoms with Gasteiger partial charge in [-0.25, -0.2) is 4.79 Å². The van der Waals surface area contributed by atoms with Crippen molar-refractivity contribution in [3.05, 3.63) is 77.9 Å². The number of ether oxygens (including phenoxy) is 3. The lowest BCUT2D eigenvalue weighted by Gasteiger charge is -2.12. The molecule has 1 N–H and O–H groups in total. The van der Waals surface area contributed by atoms with E-state index in [1.807, 2.05) is 18.2 Å². The molecule has 3 aromatic carbocycles. The number of anilines is 1. The molecule has 1 amide bonds. The first-order chi connectivity index (χ1) is 14.0. The molecule has 0 bridgehead atoms. The molecule has 0 aliphatic carbocycles. The first-order valence-corrected chi connectivity index (χ1v) is 8.88. The minimum absolute atomic E-state index is 0.290. The van der Waals surface area contributed by atoms with Gasteiger partial charge in [-0.05, 0) is 48.0 Å². The van der Waals surface area contributed by atoms with E-state index in [-0.39, 0.29) is 5.91 Å². The van der Waals surface area contributed by atoms with E-state index in [0.29, 0.717) is 28.3 Å². The summed E-state index contributed by atoms with van der Waals surface area (Å²) in [7, 11) is 4.49. The summed E-state index contributed by atoms with van der Waals surface area (Å²) in [5, 5.41) is 2.81. The topological polar surface area (TPSA) is 73.9 Å². The molecule has 3 rings (SSSR count). The quantitative estimate of drug-likeness (QED) is 0.630. The van der Waals surface area contributed by atoms with Crippen LogP contribution in [-0.4, -0.2) is 33.2 Å². The zero-order valence-electron chi connectivity index (χ0n) is 16.4. The molecule has 0 aliphatic rings. The highest BCUT2D eigenvalue weighted by molar-refractivity contribution is 6.05. The summed E-state index contributed by atoms with van der Waals surface area (Å²) >= 11 is 0. The molecule has 6 heteroatoms. The molecule has 0 fully saturated rings. The van der Waals surface area contributed by atoms with Crippen molar-refractivity contribution < 1.29 is 23.8 Å². The molecule has 29 heavy (non-hydrogen) atoms. The molecule has 3 aromatic rings. The Balaban J connectivity index is 1.86. The summed E-state index contributed by atoms with van der Waals surface area (Å²) in [6.07, 6.45) is 0. The Hall–Kier alpha value is -3.80. The van der Waals surface area contributed by atoms with Gasteiger partial charge in [-0.1, -0.05) is 18.2 Å². The van der Waals surface area contributed by atoms with E-state index in [4.69, 9.17) is 14.2 Å². The number of methoxy groups -OCH3 is 3. The van der Waals surface area contributed by atoms with Crippen molar-refractivity contribution in [3.8, 4) is 22.6 Å². The van der Waals surface area contributed by atoms with E-state index in [0.717, 1.165) is 11.1 Å². The van der Waals surface area contributed by atoms with Crippen LogP contribution < -0.4 is 14.8 Å². The number of carbonyl (C=O) groups excluding carboxylic acids is 2. The summed E-state index contributed by atoms with van der Waals surface area (Å²) in [4.78, 5) is 24.4. The van der Waals surface area contributed by atoms with Crippen LogP contribution in [0.1, 0.15) is 20.7 Å². The third-order valence-electron chi connectivity index (χ3n) is 4.39. The first-order valence-electron chi connectivity index (χ1n) is 8.88. The second-order valence-corrected chi connectivity index (χ2v) is 6.17. The highest BCUT2D eigenvalue weighted by Crippen LogP contribution is 2.33. The number of hydrogen-bond donors (Lipinski definition) is 1. The third kappa shape index (κ3) is 4.55. The SMILES string of the molecule is COC(=O)c1cccc(NC(=O)c2cccc(-c3ccc(OC)cc3OC)c2)c1. The molecular formula is C23H21NO5. The van der Waals surface area contributed by atoms with Gasteiger partial charge in [-0.3, -0.25) is 4.79 Å². The predicted molar refractivity (Wildman–Crippen MR) is 111 cm³/mol. The molecule has 0 saturated carbocycles. The summed E-state index contributed by atoms with van der Waals surface area (Å²) in [5.41, 5.74) is 3.02. The molecule has 0 saturated heterocycles. The minimum atomic E-state index is -0.463. The fourth-order valence-corrected chi connectivity index (χ4v) is 2.91. The Kier molecular flexibility index (Phi) is 6.14. The standard InChI is InChI=1S/C23H21NO5/c1-27-19-10-11-20(21(14-19)28-2)15-6-4-7-16(12-15)22(25)24-18-9-5-8-17(13-18)23(26)29-3/h4-14H,1-3H3,(H,24,25). The van der Waals surface area contributed by atoms with Crippen LogP contribution in [0, 0.1) is 0 Å². The zero-order chi connectivity index (χ0) is 20.8. The molecule has 0 radical (unpaired) electrons. The maximum atomic E-state index is 12.7. The van der Waals surface area contributed by atoms with Gasteiger partial charge in [0.1, 0.15) is 11.5 Å². The van der Waals surface area contributed by atoms with Crippen molar-refractivity contribution in [2.75, 3.05) is 26.6 Å². The van der Waals surface area contributed by atoms with E-state index in [9.17, 15) is 9.59 Å². The molecule has 148 valence electrons. The van der Waals surface area contributed by atoms with Crippen LogP contribution in [-0.2, 0) is 4.74 Å². The summed E-state index contributed by atoms with van der Waals surface area (Å²) < 4.78 is 15.4. The minimum Gasteiger partial charge on any atom is -0.497 e. The fraction of sp³-hybridized carbons (Fsp3) is 0.130. The Bertz CT molecular complexity index is 1040. The fourth-order valence-electron chi connectivity index (χ4n) is 2.91. The highest BCUT2D eigenvalue weighted by atomic mass is 16.5. The average Bonchev–Trinajstić information content (AvgIpc) is 2.78. The lowest BCUT2D eigenvalue weighted by atomic mass is 10.0. The van der Waals surface area contributed by atoms with Crippen LogP contribution in [0.2, 0.25) is 0 Å². The Morgan fingerprint density at radius 3 is 2.28 bits per heavy atom. The molecule has 0 spiro atoms. The van der Waals surface area contributed by atoms with Gasteiger partial charge in [-0.2, -0.15) is 0 Å².